The number of fused-ring (bicyclic) bond motifs is 6. The van der Waals surface area contributed by atoms with Crippen molar-refractivity contribution in [3.63, 3.8) is 0 Å². The molecule has 0 aliphatic heterocycles. The summed E-state index contributed by atoms with van der Waals surface area (Å²) >= 11 is 0. The summed E-state index contributed by atoms with van der Waals surface area (Å²) in [6.07, 6.45) is 1.99. The molecule has 2 aromatic heterocycles. The quantitative estimate of drug-likeness (QED) is 0.307. The lowest BCUT2D eigenvalue weighted by Gasteiger charge is -2.03. The molecule has 30 heavy (non-hydrogen) atoms. The molecule has 0 bridgehead atoms. The largest absolute Gasteiger partial charge is 0.456 e. The normalized spacial score (nSPS) is 11.9. The van der Waals surface area contributed by atoms with Crippen LogP contribution in [0.2, 0.25) is 0 Å². The third-order valence-corrected chi connectivity index (χ3v) is 6.15. The molecule has 0 saturated carbocycles. The van der Waals surface area contributed by atoms with Crippen LogP contribution in [0.15, 0.2) is 81.6 Å². The number of benzene rings is 4. The Balaban J connectivity index is 1.34. The highest BCUT2D eigenvalue weighted by atomic mass is 16.3. The molecule has 0 fully saturated rings. The van der Waals surface area contributed by atoms with Gasteiger partial charge in [0.05, 0.1) is 0 Å². The second-order valence-corrected chi connectivity index (χ2v) is 8.32. The van der Waals surface area contributed by atoms with Crippen molar-refractivity contribution in [3.05, 3.63) is 95.1 Å². The summed E-state index contributed by atoms with van der Waals surface area (Å²) in [5.74, 6) is 0. The smallest absolute Gasteiger partial charge is 0.138 e. The van der Waals surface area contributed by atoms with Gasteiger partial charge in [-0.3, -0.25) is 0 Å². The lowest BCUT2D eigenvalue weighted by atomic mass is 10.0. The Kier molecular flexibility index (Phi) is 3.76. The predicted octanol–water partition coefficient (Wildman–Crippen LogP) is 7.89. The Hall–Kier alpha value is -3.52. The maximum absolute atomic E-state index is 6.08. The van der Waals surface area contributed by atoms with Gasteiger partial charge in [-0.1, -0.05) is 42.0 Å². The molecule has 0 aliphatic carbocycles. The molecule has 0 N–H and O–H groups in total. The fourth-order valence-corrected chi connectivity index (χ4v) is 4.52. The Morgan fingerprint density at radius 1 is 0.567 bits per heavy atom. The van der Waals surface area contributed by atoms with Crippen LogP contribution in [0.25, 0.3) is 43.9 Å². The number of hydrogen-bond acceptors (Lipinski definition) is 2. The molecule has 6 aromatic rings. The van der Waals surface area contributed by atoms with Gasteiger partial charge in [-0.15, -0.1) is 0 Å². The van der Waals surface area contributed by atoms with Crippen molar-refractivity contribution < 1.29 is 8.83 Å². The van der Waals surface area contributed by atoms with E-state index in [1.54, 1.807) is 0 Å². The molecule has 4 aromatic carbocycles. The van der Waals surface area contributed by atoms with Crippen LogP contribution in [0, 0.1) is 13.8 Å². The van der Waals surface area contributed by atoms with Crippen LogP contribution in [-0.2, 0) is 12.8 Å². The van der Waals surface area contributed by atoms with Crippen LogP contribution < -0.4 is 0 Å². The summed E-state index contributed by atoms with van der Waals surface area (Å²) < 4.78 is 12.1. The fourth-order valence-electron chi connectivity index (χ4n) is 4.52. The van der Waals surface area contributed by atoms with E-state index in [0.29, 0.717) is 0 Å². The lowest BCUT2D eigenvalue weighted by Crippen LogP contribution is -1.91. The van der Waals surface area contributed by atoms with Crippen LogP contribution in [0.5, 0.6) is 0 Å². The van der Waals surface area contributed by atoms with Crippen molar-refractivity contribution in [2.24, 2.45) is 0 Å². The van der Waals surface area contributed by atoms with Gasteiger partial charge < -0.3 is 8.83 Å². The molecule has 0 saturated heterocycles. The van der Waals surface area contributed by atoms with Crippen LogP contribution in [-0.4, -0.2) is 0 Å². The Morgan fingerprint density at radius 3 is 1.90 bits per heavy atom. The van der Waals surface area contributed by atoms with E-state index < -0.39 is 0 Å². The van der Waals surface area contributed by atoms with Crippen molar-refractivity contribution >= 4 is 43.9 Å². The molecule has 2 heteroatoms. The van der Waals surface area contributed by atoms with Gasteiger partial charge in [0.1, 0.15) is 22.3 Å². The second kappa shape index (κ2) is 6.50. The van der Waals surface area contributed by atoms with Gasteiger partial charge in [0.15, 0.2) is 0 Å². The van der Waals surface area contributed by atoms with E-state index in [2.05, 4.69) is 86.6 Å². The number of aryl methyl sites for hydroxylation is 4. The van der Waals surface area contributed by atoms with Gasteiger partial charge in [-0.25, -0.2) is 0 Å². The van der Waals surface area contributed by atoms with E-state index in [4.69, 9.17) is 8.83 Å². The molecular formula is C28H22O2. The zero-order valence-corrected chi connectivity index (χ0v) is 17.2. The summed E-state index contributed by atoms with van der Waals surface area (Å²) in [7, 11) is 0. The van der Waals surface area contributed by atoms with Gasteiger partial charge in [-0.2, -0.15) is 0 Å². The first-order valence-electron chi connectivity index (χ1n) is 10.5. The van der Waals surface area contributed by atoms with Crippen molar-refractivity contribution in [1.82, 2.24) is 0 Å². The van der Waals surface area contributed by atoms with Crippen LogP contribution in [0.1, 0.15) is 22.3 Å². The van der Waals surface area contributed by atoms with Crippen LogP contribution in [0.3, 0.4) is 0 Å². The van der Waals surface area contributed by atoms with Gasteiger partial charge in [0.2, 0.25) is 0 Å². The van der Waals surface area contributed by atoms with E-state index in [0.717, 1.165) is 35.2 Å². The van der Waals surface area contributed by atoms with Crippen LogP contribution in [0.4, 0.5) is 0 Å². The Bertz CT molecular complexity index is 1550. The van der Waals surface area contributed by atoms with Gasteiger partial charge in [-0.05, 0) is 79.8 Å². The van der Waals surface area contributed by atoms with E-state index in [-0.39, 0.29) is 0 Å². The van der Waals surface area contributed by atoms with E-state index in [1.165, 1.54) is 43.8 Å². The fraction of sp³-hybridized carbons (Fsp3) is 0.143. The standard InChI is InChI=1S/C28H22O2/c1-17-6-11-25-22(14-17)24-16-20(9-12-26(24)29-25)8-7-19-10-13-27-23(15-19)21-5-3-4-18(2)28(21)30-27/h3-6,9-16H,7-8H2,1-2H3. The third-order valence-electron chi connectivity index (χ3n) is 6.15. The number of hydrogen-bond donors (Lipinski definition) is 0. The topological polar surface area (TPSA) is 26.3 Å². The minimum atomic E-state index is 0.959. The van der Waals surface area contributed by atoms with Crippen molar-refractivity contribution in [2.75, 3.05) is 0 Å². The SMILES string of the molecule is Cc1ccc2oc3ccc(CCc4ccc5oc6c(C)cccc6c5c4)cc3c2c1. The number of furan rings is 2. The highest BCUT2D eigenvalue weighted by molar-refractivity contribution is 6.06. The second-order valence-electron chi connectivity index (χ2n) is 8.32. The molecule has 0 aliphatic rings. The summed E-state index contributed by atoms with van der Waals surface area (Å²) in [6, 6.07) is 25.9. The van der Waals surface area contributed by atoms with E-state index in [1.807, 2.05) is 0 Å². The summed E-state index contributed by atoms with van der Waals surface area (Å²) in [5.41, 5.74) is 8.98. The van der Waals surface area contributed by atoms with Crippen molar-refractivity contribution in [1.29, 1.82) is 0 Å². The van der Waals surface area contributed by atoms with E-state index in [9.17, 15) is 0 Å². The molecule has 6 rings (SSSR count). The number of para-hydroxylation sites is 1. The van der Waals surface area contributed by atoms with Crippen molar-refractivity contribution in [3.8, 4) is 0 Å². The molecule has 0 radical (unpaired) electrons. The number of rotatable bonds is 3. The summed E-state index contributed by atoms with van der Waals surface area (Å²) in [6.45, 7) is 4.22. The monoisotopic (exact) mass is 390 g/mol. The molecule has 0 amide bonds. The first-order valence-corrected chi connectivity index (χ1v) is 10.5. The van der Waals surface area contributed by atoms with Gasteiger partial charge in [0, 0.05) is 21.5 Å². The van der Waals surface area contributed by atoms with Crippen molar-refractivity contribution in [2.45, 2.75) is 26.7 Å². The zero-order valence-electron chi connectivity index (χ0n) is 17.2. The first-order chi connectivity index (χ1) is 14.7. The van der Waals surface area contributed by atoms with E-state index >= 15 is 0 Å². The maximum Gasteiger partial charge on any atom is 0.138 e. The molecule has 0 atom stereocenters. The predicted molar refractivity (Wildman–Crippen MR) is 124 cm³/mol. The zero-order chi connectivity index (χ0) is 20.2. The molecule has 2 heterocycles. The summed E-state index contributed by atoms with van der Waals surface area (Å²) in [4.78, 5) is 0. The first kappa shape index (κ1) is 17.3. The molecule has 2 nitrogen and oxygen atoms in total. The average Bonchev–Trinajstić information content (AvgIpc) is 3.31. The Labute approximate surface area is 174 Å². The minimum absolute atomic E-state index is 0.959. The maximum atomic E-state index is 6.08. The highest BCUT2D eigenvalue weighted by Crippen LogP contribution is 2.32. The lowest BCUT2D eigenvalue weighted by molar-refractivity contribution is 0.665. The van der Waals surface area contributed by atoms with Gasteiger partial charge in [0.25, 0.3) is 0 Å². The minimum Gasteiger partial charge on any atom is -0.456 e. The van der Waals surface area contributed by atoms with Crippen LogP contribution >= 0.6 is 0 Å². The highest BCUT2D eigenvalue weighted by Gasteiger charge is 2.11. The molecule has 0 spiro atoms. The molecular weight excluding hydrogens is 368 g/mol. The van der Waals surface area contributed by atoms with Gasteiger partial charge >= 0.3 is 0 Å². The molecule has 0 unspecified atom stereocenters. The third kappa shape index (κ3) is 2.72. The molecule has 146 valence electrons. The average molecular weight is 390 g/mol. The summed E-state index contributed by atoms with van der Waals surface area (Å²) in [5, 5.41) is 4.82. The Morgan fingerprint density at radius 2 is 1.17 bits per heavy atom.